The molecule has 1 amide bonds. The number of rotatable bonds is 6. The van der Waals surface area contributed by atoms with Gasteiger partial charge < -0.3 is 15.0 Å². The van der Waals surface area contributed by atoms with Crippen molar-refractivity contribution >= 4 is 5.91 Å². The van der Waals surface area contributed by atoms with Crippen molar-refractivity contribution in [3.05, 3.63) is 35.9 Å². The molecule has 3 rings (SSSR count). The van der Waals surface area contributed by atoms with Crippen LogP contribution >= 0.6 is 0 Å². The number of nitrogens with one attached hydrogen (secondary N) is 1. The topological polar surface area (TPSA) is 44.8 Å². The van der Waals surface area contributed by atoms with E-state index < -0.39 is 0 Å². The summed E-state index contributed by atoms with van der Waals surface area (Å²) in [5, 5.41) is 3.27. The number of nitrogens with zero attached hydrogens (tertiary/aromatic N) is 2. The Labute approximate surface area is 157 Å². The average molecular weight is 360 g/mol. The Kier molecular flexibility index (Phi) is 6.68. The zero-order valence-corrected chi connectivity index (χ0v) is 16.2. The highest BCUT2D eigenvalue weighted by molar-refractivity contribution is 5.76. The molecule has 1 aromatic rings. The predicted molar refractivity (Wildman–Crippen MR) is 104 cm³/mol. The van der Waals surface area contributed by atoms with Gasteiger partial charge in [0.05, 0.1) is 13.2 Å². The van der Waals surface area contributed by atoms with Crippen molar-refractivity contribution in [2.45, 2.75) is 37.6 Å². The largest absolute Gasteiger partial charge is 0.379 e. The zero-order chi connectivity index (χ0) is 18.4. The van der Waals surface area contributed by atoms with Crippen molar-refractivity contribution in [3.63, 3.8) is 0 Å². The third-order valence-corrected chi connectivity index (χ3v) is 6.07. The number of morpholine rings is 1. The molecule has 0 aromatic heterocycles. The van der Waals surface area contributed by atoms with Crippen LogP contribution in [0.1, 0.15) is 37.7 Å². The molecular weight excluding hydrogens is 326 g/mol. The molecule has 1 unspecified atom stereocenters. The lowest BCUT2D eigenvalue weighted by molar-refractivity contribution is -0.122. The second-order valence-electron chi connectivity index (χ2n) is 7.92. The van der Waals surface area contributed by atoms with Crippen LogP contribution in [0, 0.1) is 0 Å². The number of amides is 1. The van der Waals surface area contributed by atoms with Crippen molar-refractivity contribution in [1.29, 1.82) is 0 Å². The van der Waals surface area contributed by atoms with Crippen molar-refractivity contribution in [2.24, 2.45) is 0 Å². The van der Waals surface area contributed by atoms with Crippen LogP contribution in [0.25, 0.3) is 0 Å². The van der Waals surface area contributed by atoms with E-state index in [1.165, 1.54) is 5.56 Å². The monoisotopic (exact) mass is 359 g/mol. The Balaban J connectivity index is 1.57. The molecule has 0 saturated carbocycles. The summed E-state index contributed by atoms with van der Waals surface area (Å²) in [6.45, 7) is 8.61. The van der Waals surface area contributed by atoms with E-state index in [0.29, 0.717) is 6.42 Å². The lowest BCUT2D eigenvalue weighted by Gasteiger charge is -2.49. The van der Waals surface area contributed by atoms with Crippen molar-refractivity contribution in [2.75, 3.05) is 53.0 Å². The molecule has 2 fully saturated rings. The number of likely N-dealkylation sites (tertiary alicyclic amines) is 1. The molecule has 2 aliphatic heterocycles. The summed E-state index contributed by atoms with van der Waals surface area (Å²) in [6.07, 6.45) is 2.76. The maximum absolute atomic E-state index is 12.6. The number of hydrogen-bond acceptors (Lipinski definition) is 4. The predicted octanol–water partition coefficient (Wildman–Crippen LogP) is 2.09. The summed E-state index contributed by atoms with van der Waals surface area (Å²) >= 11 is 0. The fourth-order valence-electron chi connectivity index (χ4n) is 4.19. The van der Waals surface area contributed by atoms with Gasteiger partial charge in [-0.1, -0.05) is 37.3 Å². The number of piperidine rings is 1. The summed E-state index contributed by atoms with van der Waals surface area (Å²) in [5.41, 5.74) is 1.31. The summed E-state index contributed by atoms with van der Waals surface area (Å²) in [4.78, 5) is 17.5. The number of carbonyl (C=O) groups is 1. The van der Waals surface area contributed by atoms with E-state index in [1.54, 1.807) is 0 Å². The van der Waals surface area contributed by atoms with Crippen LogP contribution in [-0.2, 0) is 9.53 Å². The van der Waals surface area contributed by atoms with Gasteiger partial charge in [0, 0.05) is 31.6 Å². The molecule has 0 radical (unpaired) electrons. The minimum atomic E-state index is 0.0853. The first-order valence-corrected chi connectivity index (χ1v) is 9.92. The second-order valence-corrected chi connectivity index (χ2v) is 7.92. The number of benzene rings is 1. The molecule has 5 heteroatoms. The summed E-state index contributed by atoms with van der Waals surface area (Å²) in [7, 11) is 2.18. The third kappa shape index (κ3) is 4.84. The first kappa shape index (κ1) is 19.3. The molecule has 2 saturated heterocycles. The Hall–Kier alpha value is -1.43. The Morgan fingerprint density at radius 2 is 1.81 bits per heavy atom. The number of carbonyl (C=O) groups excluding carboxylic acids is 1. The van der Waals surface area contributed by atoms with Gasteiger partial charge in [0.15, 0.2) is 0 Å². The molecule has 0 spiro atoms. The molecular formula is C21H33N3O2. The van der Waals surface area contributed by atoms with Gasteiger partial charge >= 0.3 is 0 Å². The maximum atomic E-state index is 12.6. The first-order valence-electron chi connectivity index (χ1n) is 9.92. The number of hydrogen-bond donors (Lipinski definition) is 1. The fraction of sp³-hybridized carbons (Fsp3) is 0.667. The quantitative estimate of drug-likeness (QED) is 0.845. The van der Waals surface area contributed by atoms with E-state index in [2.05, 4.69) is 41.2 Å². The minimum absolute atomic E-state index is 0.0853. The zero-order valence-electron chi connectivity index (χ0n) is 16.2. The molecule has 26 heavy (non-hydrogen) atoms. The van der Waals surface area contributed by atoms with Gasteiger partial charge in [-0.05, 0) is 44.5 Å². The van der Waals surface area contributed by atoms with Crippen LogP contribution in [0.3, 0.4) is 0 Å². The molecule has 1 atom stereocenters. The van der Waals surface area contributed by atoms with Crippen LogP contribution in [0.2, 0.25) is 0 Å². The highest BCUT2D eigenvalue weighted by Crippen LogP contribution is 2.29. The first-order chi connectivity index (χ1) is 12.6. The van der Waals surface area contributed by atoms with Crippen LogP contribution in [0.15, 0.2) is 30.3 Å². The molecule has 0 bridgehead atoms. The van der Waals surface area contributed by atoms with Crippen LogP contribution < -0.4 is 5.32 Å². The average Bonchev–Trinajstić information content (AvgIpc) is 2.69. The molecule has 5 nitrogen and oxygen atoms in total. The van der Waals surface area contributed by atoms with Gasteiger partial charge in [-0.3, -0.25) is 9.69 Å². The van der Waals surface area contributed by atoms with E-state index >= 15 is 0 Å². The summed E-state index contributed by atoms with van der Waals surface area (Å²) in [5.74, 6) is 0.404. The van der Waals surface area contributed by atoms with Gasteiger partial charge in [0.1, 0.15) is 0 Å². The summed E-state index contributed by atoms with van der Waals surface area (Å²) < 4.78 is 5.54. The van der Waals surface area contributed by atoms with Gasteiger partial charge in [0.2, 0.25) is 5.91 Å². The highest BCUT2D eigenvalue weighted by Gasteiger charge is 2.40. The van der Waals surface area contributed by atoms with Crippen LogP contribution in [-0.4, -0.2) is 74.2 Å². The lowest BCUT2D eigenvalue weighted by atomic mass is 9.85. The fourth-order valence-corrected chi connectivity index (χ4v) is 4.19. The Morgan fingerprint density at radius 1 is 1.15 bits per heavy atom. The Morgan fingerprint density at radius 3 is 2.46 bits per heavy atom. The lowest BCUT2D eigenvalue weighted by Crippen LogP contribution is -2.62. The highest BCUT2D eigenvalue weighted by atomic mass is 16.5. The third-order valence-electron chi connectivity index (χ3n) is 6.07. The molecule has 1 aromatic carbocycles. The van der Waals surface area contributed by atoms with E-state index in [9.17, 15) is 4.79 Å². The smallest absolute Gasteiger partial charge is 0.220 e. The number of ether oxygens (including phenoxy) is 1. The van der Waals surface area contributed by atoms with Gasteiger partial charge in [-0.2, -0.15) is 0 Å². The van der Waals surface area contributed by atoms with Gasteiger partial charge in [-0.25, -0.2) is 0 Å². The van der Waals surface area contributed by atoms with Gasteiger partial charge in [-0.15, -0.1) is 0 Å². The SMILES string of the molecule is CC(CC(=O)NCC1(N2CCOCC2)CCN(C)CC1)c1ccccc1. The molecule has 144 valence electrons. The normalized spacial score (nSPS) is 22.7. The molecule has 0 aliphatic carbocycles. The minimum Gasteiger partial charge on any atom is -0.379 e. The second kappa shape index (κ2) is 8.98. The Bertz CT molecular complexity index is 564. The molecule has 2 heterocycles. The van der Waals surface area contributed by atoms with Crippen molar-refractivity contribution < 1.29 is 9.53 Å². The maximum Gasteiger partial charge on any atom is 0.220 e. The molecule has 2 aliphatic rings. The van der Waals surface area contributed by atoms with Crippen molar-refractivity contribution in [3.8, 4) is 0 Å². The van der Waals surface area contributed by atoms with E-state index in [-0.39, 0.29) is 17.4 Å². The molecule has 1 N–H and O–H groups in total. The van der Waals surface area contributed by atoms with Crippen LogP contribution in [0.5, 0.6) is 0 Å². The van der Waals surface area contributed by atoms with E-state index in [0.717, 1.165) is 58.8 Å². The van der Waals surface area contributed by atoms with E-state index in [4.69, 9.17) is 4.74 Å². The van der Waals surface area contributed by atoms with Gasteiger partial charge in [0.25, 0.3) is 0 Å². The van der Waals surface area contributed by atoms with Crippen molar-refractivity contribution in [1.82, 2.24) is 15.1 Å². The van der Waals surface area contributed by atoms with E-state index in [1.807, 2.05) is 18.2 Å². The van der Waals surface area contributed by atoms with Crippen LogP contribution in [0.4, 0.5) is 0 Å². The standard InChI is InChI=1S/C21H33N3O2/c1-18(19-6-4-3-5-7-19)16-20(25)22-17-21(8-10-23(2)11-9-21)24-12-14-26-15-13-24/h3-7,18H,8-17H2,1-2H3,(H,22,25). The summed E-state index contributed by atoms with van der Waals surface area (Å²) in [6, 6.07) is 10.3.